The van der Waals surface area contributed by atoms with Crippen LogP contribution in [0.15, 0.2) is 0 Å². The third-order valence-electron chi connectivity index (χ3n) is 5.82. The molecule has 4 nitrogen and oxygen atoms in total. The molecule has 140 valence electrons. The quantitative estimate of drug-likeness (QED) is 0.700. The van der Waals surface area contributed by atoms with E-state index >= 15 is 0 Å². The third kappa shape index (κ3) is 5.13. The largest absolute Gasteiger partial charge is 0.298 e. The van der Waals surface area contributed by atoms with Crippen LogP contribution >= 0.6 is 0 Å². The molecule has 1 saturated heterocycles. The fourth-order valence-corrected chi connectivity index (χ4v) is 3.52. The van der Waals surface area contributed by atoms with Crippen LogP contribution in [0.3, 0.4) is 0 Å². The van der Waals surface area contributed by atoms with Gasteiger partial charge in [0.15, 0.2) is 11.6 Å². The molecule has 0 saturated carbocycles. The summed E-state index contributed by atoms with van der Waals surface area (Å²) in [6, 6.07) is -0.282. The van der Waals surface area contributed by atoms with Gasteiger partial charge in [-0.3, -0.25) is 19.8 Å². The fraction of sp³-hybridized carbons (Fsp3) is 0.900. The molecular weight excluding hydrogens is 300 g/mol. The van der Waals surface area contributed by atoms with Crippen molar-refractivity contribution in [1.82, 2.24) is 10.2 Å². The Kier molecular flexibility index (Phi) is 8.07. The molecule has 0 unspecified atom stereocenters. The van der Waals surface area contributed by atoms with Crippen LogP contribution in [-0.2, 0) is 9.59 Å². The van der Waals surface area contributed by atoms with Gasteiger partial charge in [-0.2, -0.15) is 0 Å². The number of Topliss-reactive ketones (excluding diaryl/α,β-unsaturated/α-hetero) is 2. The molecule has 1 fully saturated rings. The van der Waals surface area contributed by atoms with Gasteiger partial charge in [-0.15, -0.1) is 0 Å². The second-order valence-electron chi connectivity index (χ2n) is 8.20. The van der Waals surface area contributed by atoms with Crippen molar-refractivity contribution in [2.45, 2.75) is 91.3 Å². The number of rotatable bonds is 9. The maximum Gasteiger partial charge on any atom is 0.169 e. The molecule has 0 aromatic carbocycles. The Morgan fingerprint density at radius 1 is 1.17 bits per heavy atom. The predicted molar refractivity (Wildman–Crippen MR) is 100 cm³/mol. The molecule has 0 amide bonds. The average molecular weight is 339 g/mol. The van der Waals surface area contributed by atoms with E-state index in [1.54, 1.807) is 0 Å². The van der Waals surface area contributed by atoms with Gasteiger partial charge in [-0.1, -0.05) is 40.5 Å². The molecule has 0 radical (unpaired) electrons. The van der Waals surface area contributed by atoms with Crippen molar-refractivity contribution in [1.29, 1.82) is 0 Å². The number of ketones is 2. The second kappa shape index (κ2) is 9.10. The zero-order valence-corrected chi connectivity index (χ0v) is 16.8. The summed E-state index contributed by atoms with van der Waals surface area (Å²) in [4.78, 5) is 28.1. The third-order valence-corrected chi connectivity index (χ3v) is 5.82. The molecule has 0 aliphatic carbocycles. The maximum atomic E-state index is 13.1. The van der Waals surface area contributed by atoms with Gasteiger partial charge in [0.2, 0.25) is 0 Å². The zero-order chi connectivity index (χ0) is 18.5. The molecule has 1 aliphatic rings. The summed E-state index contributed by atoms with van der Waals surface area (Å²) in [6.45, 7) is 13.1. The van der Waals surface area contributed by atoms with E-state index in [0.717, 1.165) is 38.6 Å². The normalized spacial score (nSPS) is 23.5. The first-order chi connectivity index (χ1) is 11.2. The minimum Gasteiger partial charge on any atom is -0.298 e. The number of hydrogen-bond donors (Lipinski definition) is 1. The number of piperidine rings is 1. The highest BCUT2D eigenvalue weighted by atomic mass is 16.1. The molecule has 0 aromatic heterocycles. The highest BCUT2D eigenvalue weighted by molar-refractivity contribution is 5.94. The van der Waals surface area contributed by atoms with Crippen LogP contribution < -0.4 is 5.32 Å². The molecule has 1 heterocycles. The Labute approximate surface area is 148 Å². The number of carbonyl (C=O) groups excluding carboxylic acids is 2. The maximum absolute atomic E-state index is 13.1. The smallest absolute Gasteiger partial charge is 0.169 e. The van der Waals surface area contributed by atoms with Crippen LogP contribution in [0.5, 0.6) is 0 Å². The summed E-state index contributed by atoms with van der Waals surface area (Å²) in [5, 5.41) is 3.45. The van der Waals surface area contributed by atoms with E-state index in [1.807, 2.05) is 34.7 Å². The molecule has 0 bridgehead atoms. The summed E-state index contributed by atoms with van der Waals surface area (Å²) >= 11 is 0. The van der Waals surface area contributed by atoms with Crippen LogP contribution in [0.2, 0.25) is 0 Å². The predicted octanol–water partition coefficient (Wildman–Crippen LogP) is 3.44. The number of nitrogens with one attached hydrogen (secondary N) is 1. The monoisotopic (exact) mass is 338 g/mol. The lowest BCUT2D eigenvalue weighted by molar-refractivity contribution is -0.132. The van der Waals surface area contributed by atoms with Gasteiger partial charge in [-0.25, -0.2) is 0 Å². The summed E-state index contributed by atoms with van der Waals surface area (Å²) in [7, 11) is 2.04. The van der Waals surface area contributed by atoms with E-state index in [-0.39, 0.29) is 35.5 Å². The zero-order valence-electron chi connectivity index (χ0n) is 16.8. The number of hydrogen-bond acceptors (Lipinski definition) is 4. The minimum absolute atomic E-state index is 0.0276. The van der Waals surface area contributed by atoms with Gasteiger partial charge in [0, 0.05) is 5.92 Å². The van der Waals surface area contributed by atoms with Crippen LogP contribution in [0, 0.1) is 11.8 Å². The summed E-state index contributed by atoms with van der Waals surface area (Å²) in [6.07, 6.45) is 4.96. The lowest BCUT2D eigenvalue weighted by Gasteiger charge is -2.39. The molecular formula is C20H38N2O2. The highest BCUT2D eigenvalue weighted by Gasteiger charge is 2.40. The Morgan fingerprint density at radius 3 is 2.29 bits per heavy atom. The number of nitrogens with zero attached hydrogens (tertiary/aromatic N) is 1. The first-order valence-corrected chi connectivity index (χ1v) is 9.71. The van der Waals surface area contributed by atoms with E-state index in [9.17, 15) is 9.59 Å². The van der Waals surface area contributed by atoms with Crippen LogP contribution in [-0.4, -0.2) is 47.7 Å². The second-order valence-corrected chi connectivity index (χ2v) is 8.20. The van der Waals surface area contributed by atoms with Gasteiger partial charge < -0.3 is 0 Å². The van der Waals surface area contributed by atoms with Crippen LogP contribution in [0.25, 0.3) is 0 Å². The van der Waals surface area contributed by atoms with E-state index in [1.165, 1.54) is 0 Å². The van der Waals surface area contributed by atoms with Gasteiger partial charge >= 0.3 is 0 Å². The summed E-state index contributed by atoms with van der Waals surface area (Å²) < 4.78 is 0. The van der Waals surface area contributed by atoms with E-state index < -0.39 is 5.54 Å². The molecule has 4 atom stereocenters. The fourth-order valence-electron chi connectivity index (χ4n) is 3.52. The highest BCUT2D eigenvalue weighted by Crippen LogP contribution is 2.23. The minimum atomic E-state index is -0.687. The van der Waals surface area contributed by atoms with E-state index in [2.05, 4.69) is 24.1 Å². The van der Waals surface area contributed by atoms with E-state index in [0.29, 0.717) is 0 Å². The lowest BCUT2D eigenvalue weighted by atomic mass is 9.83. The number of likely N-dealkylation sites (tertiary alicyclic amines) is 1. The molecule has 0 spiro atoms. The van der Waals surface area contributed by atoms with Crippen molar-refractivity contribution in [3.63, 3.8) is 0 Å². The Morgan fingerprint density at radius 2 is 1.79 bits per heavy atom. The van der Waals surface area contributed by atoms with Gasteiger partial charge in [0.1, 0.15) is 0 Å². The molecule has 4 heteroatoms. The van der Waals surface area contributed by atoms with Gasteiger partial charge in [-0.05, 0) is 52.6 Å². The molecule has 0 aromatic rings. The first-order valence-electron chi connectivity index (χ1n) is 9.71. The van der Waals surface area contributed by atoms with Crippen molar-refractivity contribution in [2.75, 3.05) is 13.6 Å². The molecule has 1 N–H and O–H groups in total. The number of carbonyl (C=O) groups is 2. The Hall–Kier alpha value is -0.740. The Bertz CT molecular complexity index is 433. The summed E-state index contributed by atoms with van der Waals surface area (Å²) in [5.41, 5.74) is -0.687. The first kappa shape index (κ1) is 21.3. The van der Waals surface area contributed by atoms with Gasteiger partial charge in [0.05, 0.1) is 17.6 Å². The molecule has 1 aliphatic heterocycles. The topological polar surface area (TPSA) is 49.4 Å². The van der Waals surface area contributed by atoms with Crippen molar-refractivity contribution < 1.29 is 9.59 Å². The van der Waals surface area contributed by atoms with Crippen molar-refractivity contribution in [3.05, 3.63) is 0 Å². The van der Waals surface area contributed by atoms with E-state index in [4.69, 9.17) is 0 Å². The van der Waals surface area contributed by atoms with Gasteiger partial charge in [0.25, 0.3) is 0 Å². The van der Waals surface area contributed by atoms with Crippen molar-refractivity contribution in [3.8, 4) is 0 Å². The summed E-state index contributed by atoms with van der Waals surface area (Å²) in [5.74, 6) is 0.710. The molecule has 24 heavy (non-hydrogen) atoms. The average Bonchev–Trinajstić information content (AvgIpc) is 2.57. The SMILES string of the molecule is CC[C@@H](C)C(=O)[C@@H](NC(C)(C)C(=O)[C@H]1CCCCN1C)[C@@H](C)CC. The Balaban J connectivity index is 2.93. The van der Waals surface area contributed by atoms with Crippen molar-refractivity contribution >= 4 is 11.6 Å². The van der Waals surface area contributed by atoms with Crippen LogP contribution in [0.1, 0.15) is 73.6 Å². The van der Waals surface area contributed by atoms with Crippen molar-refractivity contribution in [2.24, 2.45) is 11.8 Å². The van der Waals surface area contributed by atoms with Crippen LogP contribution in [0.4, 0.5) is 0 Å². The number of likely N-dealkylation sites (N-methyl/N-ethyl adjacent to an activating group) is 1. The standard InChI is InChI=1S/C20H38N2O2/c1-8-14(3)17(18(23)15(4)9-2)21-20(5,6)19(24)16-12-10-11-13-22(16)7/h14-17,21H,8-13H2,1-7H3/t14-,15+,16+,17-/m0/s1. The molecule has 1 rings (SSSR count). The lowest BCUT2D eigenvalue weighted by Crippen LogP contribution is -2.61.